The van der Waals surface area contributed by atoms with E-state index >= 15 is 0 Å². The summed E-state index contributed by atoms with van der Waals surface area (Å²) in [6.45, 7) is 4.64. The van der Waals surface area contributed by atoms with Crippen LogP contribution in [0.15, 0.2) is 0 Å². The van der Waals surface area contributed by atoms with Gasteiger partial charge in [-0.1, -0.05) is 6.42 Å². The molecule has 84 valence electrons. The van der Waals surface area contributed by atoms with E-state index < -0.39 is 6.10 Å². The van der Waals surface area contributed by atoms with Crippen molar-refractivity contribution in [1.29, 1.82) is 0 Å². The van der Waals surface area contributed by atoms with Crippen LogP contribution >= 0.6 is 0 Å². The lowest BCUT2D eigenvalue weighted by Gasteiger charge is -2.39. The number of aliphatic hydroxyl groups excluding tert-OH is 2. The molecule has 0 amide bonds. The molecule has 1 aliphatic rings. The first-order valence-electron chi connectivity index (χ1n) is 5.46. The molecule has 0 saturated carbocycles. The van der Waals surface area contributed by atoms with E-state index in [1.165, 1.54) is 19.3 Å². The maximum Gasteiger partial charge on any atom is 0.0908 e. The summed E-state index contributed by atoms with van der Waals surface area (Å²) >= 11 is 0. The van der Waals surface area contributed by atoms with Gasteiger partial charge in [0.05, 0.1) is 12.7 Å². The Morgan fingerprint density at radius 2 is 1.93 bits per heavy atom. The summed E-state index contributed by atoms with van der Waals surface area (Å²) in [6, 6.07) is 1.04. The molecule has 1 fully saturated rings. The van der Waals surface area contributed by atoms with Gasteiger partial charge in [0.1, 0.15) is 0 Å². The van der Waals surface area contributed by atoms with E-state index in [1.807, 2.05) is 0 Å². The quantitative estimate of drug-likeness (QED) is 0.605. The van der Waals surface area contributed by atoms with Gasteiger partial charge in [-0.3, -0.25) is 5.43 Å². The molecule has 1 saturated heterocycles. The third-order valence-electron chi connectivity index (χ3n) is 2.91. The summed E-state index contributed by atoms with van der Waals surface area (Å²) in [5.41, 5.74) is 3.20. The minimum absolute atomic E-state index is 0.177. The Labute approximate surface area is 85.9 Å². The Morgan fingerprint density at radius 3 is 2.43 bits per heavy atom. The molecule has 3 unspecified atom stereocenters. The van der Waals surface area contributed by atoms with Crippen LogP contribution in [0.2, 0.25) is 0 Å². The van der Waals surface area contributed by atoms with Gasteiger partial charge >= 0.3 is 0 Å². The van der Waals surface area contributed by atoms with Gasteiger partial charge in [-0.15, -0.1) is 0 Å². The van der Waals surface area contributed by atoms with Gasteiger partial charge in [0.2, 0.25) is 0 Å². The maximum absolute atomic E-state index is 9.22. The molecule has 3 N–H and O–H groups in total. The second kappa shape index (κ2) is 5.66. The fourth-order valence-corrected chi connectivity index (χ4v) is 2.01. The number of nitrogens with zero attached hydrogens (tertiary/aromatic N) is 1. The first-order chi connectivity index (χ1) is 6.65. The van der Waals surface area contributed by atoms with E-state index in [-0.39, 0.29) is 6.61 Å². The third kappa shape index (κ3) is 3.20. The largest absolute Gasteiger partial charge is 0.394 e. The summed E-state index contributed by atoms with van der Waals surface area (Å²) in [6.07, 6.45) is 3.03. The fourth-order valence-electron chi connectivity index (χ4n) is 2.01. The van der Waals surface area contributed by atoms with Crippen LogP contribution in [0.3, 0.4) is 0 Å². The van der Waals surface area contributed by atoms with E-state index in [9.17, 15) is 5.11 Å². The van der Waals surface area contributed by atoms with Crippen molar-refractivity contribution in [3.63, 3.8) is 0 Å². The minimum Gasteiger partial charge on any atom is -0.394 e. The zero-order valence-corrected chi connectivity index (χ0v) is 9.11. The molecule has 1 rings (SSSR count). The van der Waals surface area contributed by atoms with Gasteiger partial charge in [-0.25, -0.2) is 5.01 Å². The van der Waals surface area contributed by atoms with E-state index in [0.29, 0.717) is 18.6 Å². The summed E-state index contributed by atoms with van der Waals surface area (Å²) in [4.78, 5) is 0. The highest BCUT2D eigenvalue weighted by molar-refractivity contribution is 4.77. The number of rotatable bonds is 4. The molecule has 4 heteroatoms. The molecule has 0 aromatic rings. The standard InChI is InChI=1S/C10H22N2O2/c1-8-4-3-5-9(2)12(8)11-6-10(14)7-13/h8-11,13-14H,3-7H2,1-2H3. The fraction of sp³-hybridized carbons (Fsp3) is 1.00. The topological polar surface area (TPSA) is 55.7 Å². The lowest BCUT2D eigenvalue weighted by atomic mass is 10.00. The van der Waals surface area contributed by atoms with Crippen LogP contribution in [0.4, 0.5) is 0 Å². The number of hydrazine groups is 1. The van der Waals surface area contributed by atoms with Gasteiger partial charge in [0.25, 0.3) is 0 Å². The van der Waals surface area contributed by atoms with E-state index in [4.69, 9.17) is 5.11 Å². The highest BCUT2D eigenvalue weighted by Crippen LogP contribution is 2.19. The second-order valence-corrected chi connectivity index (χ2v) is 4.23. The van der Waals surface area contributed by atoms with Crippen molar-refractivity contribution in [1.82, 2.24) is 10.4 Å². The molecule has 14 heavy (non-hydrogen) atoms. The number of hydrogen-bond acceptors (Lipinski definition) is 4. The Morgan fingerprint density at radius 1 is 1.36 bits per heavy atom. The van der Waals surface area contributed by atoms with Crippen molar-refractivity contribution >= 4 is 0 Å². The van der Waals surface area contributed by atoms with Crippen LogP contribution in [0.5, 0.6) is 0 Å². The van der Waals surface area contributed by atoms with Crippen LogP contribution in [0.1, 0.15) is 33.1 Å². The zero-order valence-electron chi connectivity index (χ0n) is 9.11. The minimum atomic E-state index is -0.656. The molecule has 4 nitrogen and oxygen atoms in total. The van der Waals surface area contributed by atoms with Crippen LogP contribution in [-0.2, 0) is 0 Å². The maximum atomic E-state index is 9.22. The number of aliphatic hydroxyl groups is 2. The lowest BCUT2D eigenvalue weighted by Crippen LogP contribution is -2.54. The molecule has 0 spiro atoms. The van der Waals surface area contributed by atoms with Gasteiger partial charge in [-0.2, -0.15) is 0 Å². The second-order valence-electron chi connectivity index (χ2n) is 4.23. The monoisotopic (exact) mass is 202 g/mol. The first kappa shape index (κ1) is 11.9. The van der Waals surface area contributed by atoms with Crippen LogP contribution in [-0.4, -0.2) is 46.6 Å². The third-order valence-corrected chi connectivity index (χ3v) is 2.91. The molecule has 0 aliphatic carbocycles. The van der Waals surface area contributed by atoms with Crippen molar-refractivity contribution in [3.8, 4) is 0 Å². The molecular weight excluding hydrogens is 180 g/mol. The Balaban J connectivity index is 2.32. The lowest BCUT2D eigenvalue weighted by molar-refractivity contribution is 0.0142. The summed E-state index contributed by atoms with van der Waals surface area (Å²) < 4.78 is 0. The SMILES string of the molecule is CC1CCCC(C)N1NCC(O)CO. The average Bonchev–Trinajstić information content (AvgIpc) is 2.16. The Bertz CT molecular complexity index is 156. The first-order valence-corrected chi connectivity index (χ1v) is 5.46. The molecule has 1 aliphatic heterocycles. The van der Waals surface area contributed by atoms with Crippen LogP contribution in [0, 0.1) is 0 Å². The van der Waals surface area contributed by atoms with Crippen LogP contribution in [0.25, 0.3) is 0 Å². The predicted octanol–water partition coefficient (Wildman–Crippen LogP) is 0.107. The van der Waals surface area contributed by atoms with Crippen LogP contribution < -0.4 is 5.43 Å². The molecule has 0 aromatic carbocycles. The van der Waals surface area contributed by atoms with Crippen molar-refractivity contribution < 1.29 is 10.2 Å². The number of piperidine rings is 1. The molecule has 0 bridgehead atoms. The Hall–Kier alpha value is -0.160. The Kier molecular flexibility index (Phi) is 4.81. The average molecular weight is 202 g/mol. The van der Waals surface area contributed by atoms with Gasteiger partial charge in [-0.05, 0) is 26.7 Å². The van der Waals surface area contributed by atoms with E-state index in [2.05, 4.69) is 24.3 Å². The highest BCUT2D eigenvalue weighted by Gasteiger charge is 2.24. The van der Waals surface area contributed by atoms with Gasteiger partial charge < -0.3 is 10.2 Å². The molecule has 0 radical (unpaired) electrons. The number of hydrogen-bond donors (Lipinski definition) is 3. The van der Waals surface area contributed by atoms with Gasteiger partial charge in [0.15, 0.2) is 0 Å². The molecule has 1 heterocycles. The van der Waals surface area contributed by atoms with E-state index in [1.54, 1.807) is 0 Å². The summed E-state index contributed by atoms with van der Waals surface area (Å²) in [5, 5.41) is 20.1. The number of nitrogens with one attached hydrogen (secondary N) is 1. The molecular formula is C10H22N2O2. The van der Waals surface area contributed by atoms with Crippen molar-refractivity contribution in [2.45, 2.75) is 51.3 Å². The molecule has 0 aromatic heterocycles. The van der Waals surface area contributed by atoms with Crippen molar-refractivity contribution in [3.05, 3.63) is 0 Å². The zero-order chi connectivity index (χ0) is 10.6. The molecule has 3 atom stereocenters. The summed E-state index contributed by atoms with van der Waals surface area (Å²) in [5.74, 6) is 0. The smallest absolute Gasteiger partial charge is 0.0908 e. The van der Waals surface area contributed by atoms with Crippen molar-refractivity contribution in [2.75, 3.05) is 13.2 Å². The van der Waals surface area contributed by atoms with Crippen molar-refractivity contribution in [2.24, 2.45) is 0 Å². The highest BCUT2D eigenvalue weighted by atomic mass is 16.3. The van der Waals surface area contributed by atoms with Gasteiger partial charge in [0, 0.05) is 18.6 Å². The normalized spacial score (nSPS) is 31.7. The predicted molar refractivity (Wildman–Crippen MR) is 55.7 cm³/mol. The van der Waals surface area contributed by atoms with E-state index in [0.717, 1.165) is 0 Å². The summed E-state index contributed by atoms with van der Waals surface area (Å²) in [7, 11) is 0.